The number of aryl methyl sites for hydroxylation is 1. The first-order valence-electron chi connectivity index (χ1n) is 10.2. The molecule has 0 bridgehead atoms. The minimum atomic E-state index is -0.0356. The highest BCUT2D eigenvalue weighted by atomic mass is 35.5. The summed E-state index contributed by atoms with van der Waals surface area (Å²) in [6.45, 7) is 4.38. The molecule has 0 spiro atoms. The molecule has 1 saturated heterocycles. The number of carbonyl (C=O) groups excluding carboxylic acids is 1. The number of piperidine rings is 1. The molecule has 8 heteroatoms. The average Bonchev–Trinajstić information content (AvgIpc) is 3.09. The fourth-order valence-electron chi connectivity index (χ4n) is 3.87. The van der Waals surface area contributed by atoms with Crippen molar-refractivity contribution in [2.75, 3.05) is 43.5 Å². The van der Waals surface area contributed by atoms with Crippen molar-refractivity contribution in [2.24, 2.45) is 5.92 Å². The molecule has 1 N–H and O–H groups in total. The van der Waals surface area contributed by atoms with Crippen molar-refractivity contribution in [3.63, 3.8) is 0 Å². The molecule has 158 valence electrons. The average molecular weight is 444 g/mol. The molecule has 6 nitrogen and oxygen atoms in total. The lowest BCUT2D eigenvalue weighted by Crippen LogP contribution is -2.39. The van der Waals surface area contributed by atoms with E-state index in [4.69, 9.17) is 21.6 Å². The van der Waals surface area contributed by atoms with Gasteiger partial charge in [-0.25, -0.2) is 4.98 Å². The van der Waals surface area contributed by atoms with E-state index in [1.54, 1.807) is 6.07 Å². The number of benzene rings is 1. The van der Waals surface area contributed by atoms with Gasteiger partial charge in [0, 0.05) is 44.0 Å². The van der Waals surface area contributed by atoms with Gasteiger partial charge < -0.3 is 15.1 Å². The van der Waals surface area contributed by atoms with Crippen molar-refractivity contribution < 1.29 is 4.79 Å². The van der Waals surface area contributed by atoms with Gasteiger partial charge in [0.15, 0.2) is 0 Å². The minimum Gasteiger partial charge on any atom is -0.362 e. The van der Waals surface area contributed by atoms with Gasteiger partial charge in [-0.1, -0.05) is 23.7 Å². The summed E-state index contributed by atoms with van der Waals surface area (Å²) in [4.78, 5) is 27.3. The second-order valence-corrected chi connectivity index (χ2v) is 9.81. The highest BCUT2D eigenvalue weighted by molar-refractivity contribution is 7.16. The molecular weight excluding hydrogens is 418 g/mol. The molecule has 2 aromatic heterocycles. The van der Waals surface area contributed by atoms with Crippen molar-refractivity contribution in [1.29, 1.82) is 0 Å². The number of fused-ring (bicyclic) bond motifs is 1. The van der Waals surface area contributed by atoms with Crippen molar-refractivity contribution in [1.82, 2.24) is 15.3 Å². The summed E-state index contributed by atoms with van der Waals surface area (Å²) in [5.74, 6) is 2.14. The maximum absolute atomic E-state index is 12.4. The number of nitrogens with one attached hydrogen (secondary N) is 1. The Morgan fingerprint density at radius 3 is 2.67 bits per heavy atom. The lowest BCUT2D eigenvalue weighted by molar-refractivity contribution is 0.0945. The van der Waals surface area contributed by atoms with Gasteiger partial charge in [-0.05, 0) is 43.9 Å². The van der Waals surface area contributed by atoms with Gasteiger partial charge >= 0.3 is 0 Å². The number of para-hydroxylation sites is 1. The number of hydrogen-bond donors (Lipinski definition) is 1. The first-order valence-corrected chi connectivity index (χ1v) is 11.3. The highest BCUT2D eigenvalue weighted by Gasteiger charge is 2.23. The topological polar surface area (TPSA) is 61.4 Å². The minimum absolute atomic E-state index is 0.0356. The molecule has 0 unspecified atom stereocenters. The Bertz CT molecular complexity index is 1060. The molecule has 0 saturated carbocycles. The van der Waals surface area contributed by atoms with Gasteiger partial charge in [0.1, 0.15) is 5.82 Å². The fraction of sp³-hybridized carbons (Fsp3) is 0.409. The predicted octanol–water partition coefficient (Wildman–Crippen LogP) is 4.37. The standard InChI is InChI=1S/C22H26ClN5OS/c1-14-17(12-19(23)30-14)21(29)24-13-15-8-10-28(11-9-15)22-25-18-7-5-4-6-16(18)20(26-22)27(2)3/h4-7,12,15H,8-11,13H2,1-3H3,(H,24,29). The summed E-state index contributed by atoms with van der Waals surface area (Å²) in [6.07, 6.45) is 1.99. The summed E-state index contributed by atoms with van der Waals surface area (Å²) >= 11 is 7.46. The largest absolute Gasteiger partial charge is 0.362 e. The van der Waals surface area contributed by atoms with Crippen molar-refractivity contribution >= 4 is 51.5 Å². The van der Waals surface area contributed by atoms with Crippen molar-refractivity contribution in [3.8, 4) is 0 Å². The molecule has 0 aliphatic carbocycles. The third-order valence-corrected chi connectivity index (χ3v) is 6.76. The van der Waals surface area contributed by atoms with E-state index in [-0.39, 0.29) is 5.91 Å². The van der Waals surface area contributed by atoms with E-state index in [0.717, 1.165) is 53.5 Å². The smallest absolute Gasteiger partial charge is 0.252 e. The molecule has 1 aliphatic rings. The number of nitrogens with zero attached hydrogens (tertiary/aromatic N) is 4. The molecule has 0 atom stereocenters. The summed E-state index contributed by atoms with van der Waals surface area (Å²) in [6, 6.07) is 9.87. The van der Waals surface area contributed by atoms with Gasteiger partial charge in [0.25, 0.3) is 5.91 Å². The maximum Gasteiger partial charge on any atom is 0.252 e. The van der Waals surface area contributed by atoms with Crippen LogP contribution in [-0.2, 0) is 0 Å². The Labute approximate surface area is 185 Å². The molecule has 3 aromatic rings. The lowest BCUT2D eigenvalue weighted by atomic mass is 9.97. The van der Waals surface area contributed by atoms with Gasteiger partial charge in [0.2, 0.25) is 5.95 Å². The number of anilines is 2. The van der Waals surface area contributed by atoms with Crippen LogP contribution in [0, 0.1) is 12.8 Å². The fourth-order valence-corrected chi connectivity index (χ4v) is 5.06. The third-order valence-electron chi connectivity index (χ3n) is 5.58. The molecule has 1 amide bonds. The third kappa shape index (κ3) is 4.37. The molecule has 30 heavy (non-hydrogen) atoms. The van der Waals surface area contributed by atoms with Crippen LogP contribution >= 0.6 is 22.9 Å². The SMILES string of the molecule is Cc1sc(Cl)cc1C(=O)NCC1CCN(c2nc(N(C)C)c3ccccc3n2)CC1. The molecule has 0 radical (unpaired) electrons. The molecule has 4 rings (SSSR count). The maximum atomic E-state index is 12.4. The van der Waals surface area contributed by atoms with E-state index in [1.807, 2.05) is 44.1 Å². The highest BCUT2D eigenvalue weighted by Crippen LogP contribution is 2.28. The number of amides is 1. The molecule has 3 heterocycles. The van der Waals surface area contributed by atoms with Crippen LogP contribution in [0.5, 0.6) is 0 Å². The summed E-state index contributed by atoms with van der Waals surface area (Å²) in [7, 11) is 4.02. The number of carbonyl (C=O) groups is 1. The zero-order valence-corrected chi connectivity index (χ0v) is 19.1. The number of thiophene rings is 1. The second kappa shape index (κ2) is 8.78. The lowest BCUT2D eigenvalue weighted by Gasteiger charge is -2.32. The number of halogens is 1. The van der Waals surface area contributed by atoms with E-state index in [0.29, 0.717) is 22.4 Å². The van der Waals surface area contributed by atoms with Crippen molar-refractivity contribution in [2.45, 2.75) is 19.8 Å². The van der Waals surface area contributed by atoms with Crippen molar-refractivity contribution in [3.05, 3.63) is 45.1 Å². The Morgan fingerprint density at radius 1 is 1.27 bits per heavy atom. The Morgan fingerprint density at radius 2 is 2.00 bits per heavy atom. The zero-order chi connectivity index (χ0) is 21.3. The van der Waals surface area contributed by atoms with Gasteiger partial charge in [-0.3, -0.25) is 4.79 Å². The first-order chi connectivity index (χ1) is 14.4. The first kappa shape index (κ1) is 20.9. The van der Waals surface area contributed by atoms with E-state index in [2.05, 4.69) is 16.3 Å². The summed E-state index contributed by atoms with van der Waals surface area (Å²) in [5, 5.41) is 4.14. The van der Waals surface area contributed by atoms with Gasteiger partial charge in [-0.2, -0.15) is 4.98 Å². The van der Waals surface area contributed by atoms with Gasteiger partial charge in [0.05, 0.1) is 15.4 Å². The number of aromatic nitrogens is 2. The summed E-state index contributed by atoms with van der Waals surface area (Å²) < 4.78 is 0.651. The van der Waals surface area contributed by atoms with E-state index >= 15 is 0 Å². The van der Waals surface area contributed by atoms with Crippen LogP contribution in [0.25, 0.3) is 10.9 Å². The quantitative estimate of drug-likeness (QED) is 0.634. The van der Waals surface area contributed by atoms with Crippen LogP contribution in [0.15, 0.2) is 30.3 Å². The van der Waals surface area contributed by atoms with Crippen LogP contribution in [0.2, 0.25) is 4.34 Å². The molecule has 1 aliphatic heterocycles. The van der Waals surface area contributed by atoms with Crippen LogP contribution in [0.3, 0.4) is 0 Å². The summed E-state index contributed by atoms with van der Waals surface area (Å²) in [5.41, 5.74) is 1.65. The Kier molecular flexibility index (Phi) is 6.11. The second-order valence-electron chi connectivity index (χ2n) is 7.92. The molecule has 1 aromatic carbocycles. The normalized spacial score (nSPS) is 14.9. The van der Waals surface area contributed by atoms with E-state index in [1.165, 1.54) is 11.3 Å². The van der Waals surface area contributed by atoms with Gasteiger partial charge in [-0.15, -0.1) is 11.3 Å². The monoisotopic (exact) mass is 443 g/mol. The molecule has 1 fully saturated rings. The number of hydrogen-bond acceptors (Lipinski definition) is 6. The Balaban J connectivity index is 1.39. The molecular formula is C22H26ClN5OS. The van der Waals surface area contributed by atoms with Crippen LogP contribution in [0.4, 0.5) is 11.8 Å². The van der Waals surface area contributed by atoms with Crippen LogP contribution < -0.4 is 15.1 Å². The van der Waals surface area contributed by atoms with E-state index < -0.39 is 0 Å². The Hall–Kier alpha value is -2.38. The van der Waals surface area contributed by atoms with Crippen LogP contribution in [-0.4, -0.2) is 49.6 Å². The number of rotatable bonds is 5. The van der Waals surface area contributed by atoms with E-state index in [9.17, 15) is 4.79 Å². The zero-order valence-electron chi connectivity index (χ0n) is 17.5. The van der Waals surface area contributed by atoms with Crippen LogP contribution in [0.1, 0.15) is 28.1 Å². The predicted molar refractivity (Wildman–Crippen MR) is 125 cm³/mol.